The van der Waals surface area contributed by atoms with Gasteiger partial charge in [-0.1, -0.05) is 0 Å². The van der Waals surface area contributed by atoms with Crippen molar-refractivity contribution in [2.75, 3.05) is 0 Å². The Labute approximate surface area is 141 Å². The van der Waals surface area contributed by atoms with E-state index >= 15 is 0 Å². The van der Waals surface area contributed by atoms with Crippen LogP contribution >= 0.6 is 11.3 Å². The van der Waals surface area contributed by atoms with Crippen molar-refractivity contribution in [3.63, 3.8) is 0 Å². The molecule has 0 bridgehead atoms. The van der Waals surface area contributed by atoms with Crippen LogP contribution in [-0.4, -0.2) is 9.97 Å². The van der Waals surface area contributed by atoms with Gasteiger partial charge >= 0.3 is 0 Å². The highest BCUT2D eigenvalue weighted by Gasteiger charge is 2.15. The molecule has 0 aliphatic heterocycles. The van der Waals surface area contributed by atoms with Gasteiger partial charge in [0.05, 0.1) is 30.5 Å². The highest BCUT2D eigenvalue weighted by molar-refractivity contribution is 7.17. The lowest BCUT2D eigenvalue weighted by atomic mass is 10.2. The van der Waals surface area contributed by atoms with E-state index in [1.807, 2.05) is 30.5 Å². The second-order valence-corrected chi connectivity index (χ2v) is 6.30. The SMILES string of the molecule is C[C@H](NCc1nc2scc(-c3ccco3)c2c(=O)[nH]1)c1ccco1. The Hall–Kier alpha value is -2.64. The summed E-state index contributed by atoms with van der Waals surface area (Å²) < 4.78 is 10.8. The van der Waals surface area contributed by atoms with Crippen LogP contribution in [0.3, 0.4) is 0 Å². The standard InChI is InChI=1S/C17H15N3O3S/c1-10(12-4-2-6-22-12)18-8-14-19-16(21)15-11(9-24-17(15)20-14)13-5-3-7-23-13/h2-7,9-10,18H,8H2,1H3,(H,19,20,21)/t10-/m0/s1. The molecule has 0 amide bonds. The fourth-order valence-corrected chi connectivity index (χ4v) is 3.53. The Morgan fingerprint density at radius 3 is 2.88 bits per heavy atom. The molecular formula is C17H15N3O3S. The Balaban J connectivity index is 1.61. The van der Waals surface area contributed by atoms with E-state index in [4.69, 9.17) is 8.83 Å². The van der Waals surface area contributed by atoms with Gasteiger partial charge in [-0.3, -0.25) is 4.79 Å². The average Bonchev–Trinajstić information content (AvgIpc) is 3.31. The highest BCUT2D eigenvalue weighted by Crippen LogP contribution is 2.30. The Morgan fingerprint density at radius 2 is 2.12 bits per heavy atom. The van der Waals surface area contributed by atoms with Gasteiger partial charge in [-0.15, -0.1) is 11.3 Å². The molecule has 0 spiro atoms. The predicted molar refractivity (Wildman–Crippen MR) is 91.9 cm³/mol. The molecule has 0 aliphatic rings. The summed E-state index contributed by atoms with van der Waals surface area (Å²) in [6.45, 7) is 2.44. The van der Waals surface area contributed by atoms with Crippen molar-refractivity contribution in [3.8, 4) is 11.3 Å². The van der Waals surface area contributed by atoms with Crippen LogP contribution < -0.4 is 10.9 Å². The Morgan fingerprint density at radius 1 is 1.29 bits per heavy atom. The maximum absolute atomic E-state index is 12.5. The lowest BCUT2D eigenvalue weighted by Crippen LogP contribution is -2.21. The quantitative estimate of drug-likeness (QED) is 0.578. The van der Waals surface area contributed by atoms with Gasteiger partial charge in [-0.2, -0.15) is 0 Å². The molecule has 0 radical (unpaired) electrons. The van der Waals surface area contributed by atoms with Crippen LogP contribution in [0.2, 0.25) is 0 Å². The van der Waals surface area contributed by atoms with Crippen molar-refractivity contribution in [2.24, 2.45) is 0 Å². The number of nitrogens with one attached hydrogen (secondary N) is 2. The van der Waals surface area contributed by atoms with E-state index in [1.54, 1.807) is 18.6 Å². The molecule has 4 aromatic heterocycles. The molecule has 4 heterocycles. The maximum Gasteiger partial charge on any atom is 0.260 e. The second kappa shape index (κ2) is 6.10. The molecule has 0 aliphatic carbocycles. The van der Waals surface area contributed by atoms with Gasteiger partial charge in [-0.05, 0) is 31.2 Å². The number of nitrogens with zero attached hydrogens (tertiary/aromatic N) is 1. The Kier molecular flexibility index (Phi) is 3.79. The zero-order valence-electron chi connectivity index (χ0n) is 12.9. The summed E-state index contributed by atoms with van der Waals surface area (Å²) >= 11 is 1.44. The molecule has 6 nitrogen and oxygen atoms in total. The van der Waals surface area contributed by atoms with Gasteiger partial charge < -0.3 is 19.1 Å². The maximum atomic E-state index is 12.5. The number of furan rings is 2. The first-order chi connectivity index (χ1) is 11.7. The number of aromatic amines is 1. The van der Waals surface area contributed by atoms with Gasteiger partial charge in [0.25, 0.3) is 5.56 Å². The van der Waals surface area contributed by atoms with E-state index in [-0.39, 0.29) is 11.6 Å². The number of hydrogen-bond donors (Lipinski definition) is 2. The van der Waals surface area contributed by atoms with Crippen LogP contribution in [0.25, 0.3) is 21.5 Å². The summed E-state index contributed by atoms with van der Waals surface area (Å²) in [6.07, 6.45) is 3.23. The van der Waals surface area contributed by atoms with Gasteiger partial charge in [0.1, 0.15) is 22.2 Å². The van der Waals surface area contributed by atoms with Crippen LogP contribution in [0.5, 0.6) is 0 Å². The summed E-state index contributed by atoms with van der Waals surface area (Å²) in [7, 11) is 0. The number of hydrogen-bond acceptors (Lipinski definition) is 6. The average molecular weight is 341 g/mol. The Bertz CT molecular complexity index is 1000. The predicted octanol–water partition coefficient (Wildman–Crippen LogP) is 3.69. The van der Waals surface area contributed by atoms with Crippen molar-refractivity contribution in [3.05, 3.63) is 64.1 Å². The zero-order valence-corrected chi connectivity index (χ0v) is 13.7. The van der Waals surface area contributed by atoms with Crippen molar-refractivity contribution in [1.29, 1.82) is 0 Å². The third-order valence-corrected chi connectivity index (χ3v) is 4.70. The van der Waals surface area contributed by atoms with E-state index < -0.39 is 0 Å². The molecule has 0 fully saturated rings. The van der Waals surface area contributed by atoms with E-state index in [0.717, 1.165) is 11.3 Å². The highest BCUT2D eigenvalue weighted by atomic mass is 32.1. The molecule has 0 saturated heterocycles. The summed E-state index contributed by atoms with van der Waals surface area (Å²) in [4.78, 5) is 20.6. The van der Waals surface area contributed by atoms with E-state index in [9.17, 15) is 4.79 Å². The number of aromatic nitrogens is 2. The molecule has 0 aromatic carbocycles. The number of fused-ring (bicyclic) bond motifs is 1. The monoisotopic (exact) mass is 341 g/mol. The number of thiophene rings is 1. The third-order valence-electron chi connectivity index (χ3n) is 3.83. The summed E-state index contributed by atoms with van der Waals surface area (Å²) in [5.41, 5.74) is 0.618. The largest absolute Gasteiger partial charge is 0.468 e. The van der Waals surface area contributed by atoms with Crippen LogP contribution in [0, 0.1) is 0 Å². The first-order valence-corrected chi connectivity index (χ1v) is 8.41. The van der Waals surface area contributed by atoms with Crippen LogP contribution in [0.4, 0.5) is 0 Å². The van der Waals surface area contributed by atoms with E-state index in [2.05, 4.69) is 15.3 Å². The summed E-state index contributed by atoms with van der Waals surface area (Å²) in [6, 6.07) is 7.42. The van der Waals surface area contributed by atoms with Crippen molar-refractivity contribution < 1.29 is 8.83 Å². The molecule has 0 saturated carbocycles. The fraction of sp³-hybridized carbons (Fsp3) is 0.176. The third kappa shape index (κ3) is 2.68. The summed E-state index contributed by atoms with van der Waals surface area (Å²) in [5, 5.41) is 5.75. The molecule has 7 heteroatoms. The molecule has 4 aromatic rings. The minimum absolute atomic E-state index is 0.0306. The van der Waals surface area contributed by atoms with Crippen LogP contribution in [0.1, 0.15) is 24.6 Å². The van der Waals surface area contributed by atoms with Gasteiger partial charge in [0.15, 0.2) is 0 Å². The van der Waals surface area contributed by atoms with Crippen molar-refractivity contribution >= 4 is 21.6 Å². The zero-order chi connectivity index (χ0) is 16.5. The second-order valence-electron chi connectivity index (χ2n) is 5.44. The first kappa shape index (κ1) is 14.9. The first-order valence-electron chi connectivity index (χ1n) is 7.53. The van der Waals surface area contributed by atoms with Gasteiger partial charge in [0.2, 0.25) is 0 Å². The van der Waals surface area contributed by atoms with Crippen LogP contribution in [0.15, 0.2) is 55.8 Å². The minimum atomic E-state index is -0.157. The number of H-pyrrole nitrogens is 1. The van der Waals surface area contributed by atoms with E-state index in [0.29, 0.717) is 28.3 Å². The molecule has 0 unspecified atom stereocenters. The van der Waals surface area contributed by atoms with Crippen molar-refractivity contribution in [1.82, 2.24) is 15.3 Å². The lowest BCUT2D eigenvalue weighted by molar-refractivity contribution is 0.427. The smallest absolute Gasteiger partial charge is 0.260 e. The molecule has 24 heavy (non-hydrogen) atoms. The fourth-order valence-electron chi connectivity index (χ4n) is 2.58. The molecular weight excluding hydrogens is 326 g/mol. The lowest BCUT2D eigenvalue weighted by Gasteiger charge is -2.10. The normalized spacial score (nSPS) is 12.7. The van der Waals surface area contributed by atoms with Crippen LogP contribution in [-0.2, 0) is 6.54 Å². The molecule has 1 atom stereocenters. The molecule has 2 N–H and O–H groups in total. The minimum Gasteiger partial charge on any atom is -0.468 e. The van der Waals surface area contributed by atoms with E-state index in [1.165, 1.54) is 11.3 Å². The van der Waals surface area contributed by atoms with Gasteiger partial charge in [-0.25, -0.2) is 4.98 Å². The molecule has 4 rings (SSSR count). The molecule has 122 valence electrons. The number of rotatable bonds is 5. The van der Waals surface area contributed by atoms with Gasteiger partial charge in [0, 0.05) is 10.9 Å². The van der Waals surface area contributed by atoms with Crippen molar-refractivity contribution in [2.45, 2.75) is 19.5 Å². The topological polar surface area (TPSA) is 84.1 Å². The summed E-state index contributed by atoms with van der Waals surface area (Å²) in [5.74, 6) is 2.11.